The Morgan fingerprint density at radius 3 is 1.58 bits per heavy atom. The van der Waals surface area contributed by atoms with E-state index >= 15 is 0 Å². The molecule has 276 valence electrons. The number of rotatable bonds is 6. The molecule has 0 atom stereocenters. The monoisotopic (exact) mass is 750 g/mol. The van der Waals surface area contributed by atoms with Crippen molar-refractivity contribution >= 4 is 60.4 Å². The van der Waals surface area contributed by atoms with Crippen molar-refractivity contribution in [3.63, 3.8) is 0 Å². The molecular weight excluding hydrogens is 713 g/mol. The molecule has 0 saturated heterocycles. The standard InChI is InChI=1S/C57H38N2/c1-4-16-41(17-5-1)57(53-25-13-10-22-48(53)49-23-11-14-26-54(49)57)42-30-32-45(33-31-42)58(43-18-6-2-7-19-43)46-34-35-47-39(36-46)28-29-40-37-52-50-24-12-15-27-55(50)59(56(52)38-51(40)47)44-20-8-3-9-21-44/h1-38H. The van der Waals surface area contributed by atoms with E-state index in [4.69, 9.17) is 0 Å². The van der Waals surface area contributed by atoms with Crippen LogP contribution in [0.25, 0.3) is 60.2 Å². The highest BCUT2D eigenvalue weighted by Gasteiger charge is 2.45. The normalized spacial score (nSPS) is 12.9. The van der Waals surface area contributed by atoms with E-state index in [0.717, 1.165) is 17.1 Å². The number of anilines is 3. The molecule has 0 aliphatic heterocycles. The Kier molecular flexibility index (Phi) is 7.48. The lowest BCUT2D eigenvalue weighted by atomic mass is 9.68. The fourth-order valence-corrected chi connectivity index (χ4v) is 10.1. The number of aromatic nitrogens is 1. The largest absolute Gasteiger partial charge is 0.310 e. The van der Waals surface area contributed by atoms with Crippen molar-refractivity contribution in [1.29, 1.82) is 0 Å². The van der Waals surface area contributed by atoms with E-state index in [1.807, 2.05) is 0 Å². The summed E-state index contributed by atoms with van der Waals surface area (Å²) < 4.78 is 2.41. The quantitative estimate of drug-likeness (QED) is 0.154. The minimum Gasteiger partial charge on any atom is -0.310 e. The van der Waals surface area contributed by atoms with Gasteiger partial charge in [-0.25, -0.2) is 0 Å². The Bertz CT molecular complexity index is 3320. The number of hydrogen-bond acceptors (Lipinski definition) is 1. The van der Waals surface area contributed by atoms with Gasteiger partial charge in [0.25, 0.3) is 0 Å². The van der Waals surface area contributed by atoms with Gasteiger partial charge in [0.05, 0.1) is 16.4 Å². The van der Waals surface area contributed by atoms with Gasteiger partial charge in [-0.2, -0.15) is 0 Å². The van der Waals surface area contributed by atoms with Crippen molar-refractivity contribution < 1.29 is 0 Å². The maximum Gasteiger partial charge on any atom is 0.0713 e. The van der Waals surface area contributed by atoms with E-state index in [1.165, 1.54) is 82.4 Å². The maximum absolute atomic E-state index is 2.41. The molecular formula is C57H38N2. The third-order valence-corrected chi connectivity index (χ3v) is 12.6. The Labute approximate surface area is 343 Å². The summed E-state index contributed by atoms with van der Waals surface area (Å²) in [4.78, 5) is 2.38. The molecule has 11 aromatic rings. The average molecular weight is 751 g/mol. The summed E-state index contributed by atoms with van der Waals surface area (Å²) in [5.74, 6) is 0. The second kappa shape index (κ2) is 13.2. The van der Waals surface area contributed by atoms with Crippen molar-refractivity contribution in [2.75, 3.05) is 4.90 Å². The van der Waals surface area contributed by atoms with Crippen LogP contribution in [0, 0.1) is 0 Å². The van der Waals surface area contributed by atoms with Crippen LogP contribution in [0.5, 0.6) is 0 Å². The van der Waals surface area contributed by atoms with E-state index < -0.39 is 5.41 Å². The third-order valence-electron chi connectivity index (χ3n) is 12.6. The van der Waals surface area contributed by atoms with Gasteiger partial charge in [0.15, 0.2) is 0 Å². The van der Waals surface area contributed by atoms with Crippen molar-refractivity contribution in [3.8, 4) is 16.8 Å². The van der Waals surface area contributed by atoms with Crippen LogP contribution in [-0.4, -0.2) is 4.57 Å². The molecule has 0 bridgehead atoms. The van der Waals surface area contributed by atoms with Gasteiger partial charge >= 0.3 is 0 Å². The summed E-state index contributed by atoms with van der Waals surface area (Å²) >= 11 is 0. The maximum atomic E-state index is 2.41. The van der Waals surface area contributed by atoms with Gasteiger partial charge in [-0.05, 0) is 122 Å². The highest BCUT2D eigenvalue weighted by molar-refractivity contribution is 6.18. The van der Waals surface area contributed by atoms with Crippen molar-refractivity contribution in [1.82, 2.24) is 4.57 Å². The summed E-state index contributed by atoms with van der Waals surface area (Å²) in [6.07, 6.45) is 0. The molecule has 0 spiro atoms. The molecule has 0 N–H and O–H groups in total. The molecule has 12 rings (SSSR count). The molecule has 0 saturated carbocycles. The Morgan fingerprint density at radius 2 is 0.864 bits per heavy atom. The summed E-state index contributed by atoms with van der Waals surface area (Å²) in [6.45, 7) is 0. The number of nitrogens with zero attached hydrogens (tertiary/aromatic N) is 2. The van der Waals surface area contributed by atoms with E-state index in [1.54, 1.807) is 0 Å². The van der Waals surface area contributed by atoms with Gasteiger partial charge in [0, 0.05) is 33.5 Å². The zero-order valence-electron chi connectivity index (χ0n) is 32.3. The molecule has 2 heteroatoms. The molecule has 1 aliphatic rings. The summed E-state index contributed by atoms with van der Waals surface area (Å²) in [5.41, 5.74) is 14.3. The van der Waals surface area contributed by atoms with Crippen molar-refractivity contribution in [2.45, 2.75) is 5.41 Å². The van der Waals surface area contributed by atoms with E-state index in [2.05, 4.69) is 240 Å². The summed E-state index contributed by atoms with van der Waals surface area (Å²) in [5, 5.41) is 7.47. The highest BCUT2D eigenvalue weighted by Crippen LogP contribution is 2.56. The van der Waals surface area contributed by atoms with Gasteiger partial charge in [0.1, 0.15) is 0 Å². The zero-order valence-corrected chi connectivity index (χ0v) is 32.3. The predicted octanol–water partition coefficient (Wildman–Crippen LogP) is 14.9. The van der Waals surface area contributed by atoms with Gasteiger partial charge in [0.2, 0.25) is 0 Å². The molecule has 10 aromatic carbocycles. The second-order valence-electron chi connectivity index (χ2n) is 15.7. The van der Waals surface area contributed by atoms with E-state index in [-0.39, 0.29) is 0 Å². The fraction of sp³-hybridized carbons (Fsp3) is 0.0175. The van der Waals surface area contributed by atoms with Gasteiger partial charge in [-0.1, -0.05) is 164 Å². The van der Waals surface area contributed by atoms with Gasteiger partial charge in [-0.15, -0.1) is 0 Å². The SMILES string of the molecule is c1ccc(N(c2ccc(C3(c4ccccc4)c4ccccc4-c4ccccc43)cc2)c2ccc3c(ccc4cc5c6ccccc6n(-c6ccccc6)c5cc43)c2)cc1. The molecule has 0 amide bonds. The van der Waals surface area contributed by atoms with E-state index in [0.29, 0.717) is 0 Å². The van der Waals surface area contributed by atoms with Crippen LogP contribution in [0.1, 0.15) is 22.3 Å². The number of benzene rings is 10. The van der Waals surface area contributed by atoms with Crippen LogP contribution in [-0.2, 0) is 5.41 Å². The Morgan fingerprint density at radius 1 is 0.322 bits per heavy atom. The Hall–Kier alpha value is -7.68. The minimum atomic E-state index is -0.438. The molecule has 0 unspecified atom stereocenters. The van der Waals surface area contributed by atoms with Crippen LogP contribution >= 0.6 is 0 Å². The van der Waals surface area contributed by atoms with E-state index in [9.17, 15) is 0 Å². The number of hydrogen-bond donors (Lipinski definition) is 0. The number of para-hydroxylation sites is 3. The molecule has 0 fully saturated rings. The number of fused-ring (bicyclic) bond motifs is 9. The van der Waals surface area contributed by atoms with Gasteiger partial charge in [-0.3, -0.25) is 0 Å². The zero-order chi connectivity index (χ0) is 38.9. The van der Waals surface area contributed by atoms with Crippen LogP contribution in [0.3, 0.4) is 0 Å². The van der Waals surface area contributed by atoms with Crippen LogP contribution < -0.4 is 4.90 Å². The van der Waals surface area contributed by atoms with Gasteiger partial charge < -0.3 is 9.47 Å². The van der Waals surface area contributed by atoms with Crippen LogP contribution in [0.4, 0.5) is 17.1 Å². The first-order valence-electron chi connectivity index (χ1n) is 20.4. The smallest absolute Gasteiger partial charge is 0.0713 e. The lowest BCUT2D eigenvalue weighted by molar-refractivity contribution is 0.768. The van der Waals surface area contributed by atoms with Crippen LogP contribution in [0.15, 0.2) is 231 Å². The fourth-order valence-electron chi connectivity index (χ4n) is 10.1. The lowest BCUT2D eigenvalue weighted by Crippen LogP contribution is -2.28. The Balaban J connectivity index is 1.02. The summed E-state index contributed by atoms with van der Waals surface area (Å²) in [6, 6.07) is 84.7. The van der Waals surface area contributed by atoms with Crippen LogP contribution in [0.2, 0.25) is 0 Å². The average Bonchev–Trinajstić information content (AvgIpc) is 3.80. The minimum absolute atomic E-state index is 0.438. The topological polar surface area (TPSA) is 8.17 Å². The second-order valence-corrected chi connectivity index (χ2v) is 15.7. The molecule has 2 nitrogen and oxygen atoms in total. The molecule has 1 heterocycles. The lowest BCUT2D eigenvalue weighted by Gasteiger charge is -2.34. The van der Waals surface area contributed by atoms with Crippen molar-refractivity contribution in [2.24, 2.45) is 0 Å². The molecule has 59 heavy (non-hydrogen) atoms. The first-order chi connectivity index (χ1) is 29.3. The first-order valence-corrected chi connectivity index (χ1v) is 20.4. The third kappa shape index (κ3) is 5.00. The predicted molar refractivity (Wildman–Crippen MR) is 248 cm³/mol. The molecule has 0 radical (unpaired) electrons. The van der Waals surface area contributed by atoms with Crippen molar-refractivity contribution in [3.05, 3.63) is 253 Å². The molecule has 1 aromatic heterocycles. The first kappa shape index (κ1) is 33.5. The summed E-state index contributed by atoms with van der Waals surface area (Å²) in [7, 11) is 0. The highest BCUT2D eigenvalue weighted by atomic mass is 15.1. The molecule has 1 aliphatic carbocycles.